The van der Waals surface area contributed by atoms with Crippen molar-refractivity contribution < 1.29 is 0 Å². The van der Waals surface area contributed by atoms with Gasteiger partial charge in [0.25, 0.3) is 0 Å². The van der Waals surface area contributed by atoms with Crippen LogP contribution in [0.2, 0.25) is 0 Å². The van der Waals surface area contributed by atoms with Gasteiger partial charge in [0, 0.05) is 37.6 Å². The van der Waals surface area contributed by atoms with Crippen LogP contribution in [0.25, 0.3) is 11.1 Å². The van der Waals surface area contributed by atoms with Crippen LogP contribution < -0.4 is 9.80 Å². The third-order valence-electron chi connectivity index (χ3n) is 5.12. The molecule has 0 spiro atoms. The van der Waals surface area contributed by atoms with Crippen LogP contribution in [0, 0.1) is 0 Å². The maximum Gasteiger partial charge on any atom is 0.0372 e. The van der Waals surface area contributed by atoms with E-state index in [0.717, 1.165) is 32.6 Å². The Morgan fingerprint density at radius 2 is 1.04 bits per heavy atom. The number of hydrogen-bond donors (Lipinski definition) is 0. The smallest absolute Gasteiger partial charge is 0.0372 e. The minimum absolute atomic E-state index is 1.06. The Bertz CT molecular complexity index is 623. The van der Waals surface area contributed by atoms with Crippen molar-refractivity contribution in [1.82, 2.24) is 0 Å². The molecule has 0 N–H and O–H groups in total. The Morgan fingerprint density at radius 3 is 1.39 bits per heavy atom. The van der Waals surface area contributed by atoms with Gasteiger partial charge in [-0.05, 0) is 80.6 Å². The molecule has 0 amide bonds. The van der Waals surface area contributed by atoms with Crippen LogP contribution in [0.3, 0.4) is 0 Å². The molecule has 122 valence electrons. The first-order valence-corrected chi connectivity index (χ1v) is 8.97. The Hall–Kier alpha value is -1.96. The summed E-state index contributed by atoms with van der Waals surface area (Å²) in [5, 5.41) is 0. The molecule has 1 aliphatic carbocycles. The molecule has 0 aromatic heterocycles. The standard InChI is InChI=1S/C21H28N2/c1-5-22(6-2)18-11-9-16-13-17-10-12-19(23(7-3)8-4)15-21(17)20(16)14-18/h9-12,14-15H,5-8,13H2,1-4H3. The molecule has 0 heterocycles. The van der Waals surface area contributed by atoms with E-state index in [1.165, 1.54) is 33.6 Å². The first kappa shape index (κ1) is 15.9. The lowest BCUT2D eigenvalue weighted by atomic mass is 10.0. The molecule has 23 heavy (non-hydrogen) atoms. The van der Waals surface area contributed by atoms with Crippen molar-refractivity contribution in [2.24, 2.45) is 0 Å². The van der Waals surface area contributed by atoms with Gasteiger partial charge >= 0.3 is 0 Å². The Kier molecular flexibility index (Phi) is 4.61. The SMILES string of the molecule is CCN(CC)c1ccc2c(c1)-c1cc(N(CC)CC)ccc1C2. The average molecular weight is 308 g/mol. The van der Waals surface area contributed by atoms with Crippen LogP contribution in [0.15, 0.2) is 36.4 Å². The zero-order valence-corrected chi connectivity index (χ0v) is 14.9. The van der Waals surface area contributed by atoms with E-state index in [2.05, 4.69) is 73.9 Å². The lowest BCUT2D eigenvalue weighted by Crippen LogP contribution is -2.22. The largest absolute Gasteiger partial charge is 0.372 e. The fourth-order valence-electron chi connectivity index (χ4n) is 3.71. The number of rotatable bonds is 6. The van der Waals surface area contributed by atoms with Gasteiger partial charge in [-0.1, -0.05) is 12.1 Å². The number of anilines is 2. The normalized spacial score (nSPS) is 12.0. The summed E-state index contributed by atoms with van der Waals surface area (Å²) in [6, 6.07) is 14.0. The second-order valence-corrected chi connectivity index (χ2v) is 6.20. The molecular weight excluding hydrogens is 280 g/mol. The van der Waals surface area contributed by atoms with Gasteiger partial charge in [-0.3, -0.25) is 0 Å². The molecule has 2 aromatic carbocycles. The molecule has 0 saturated carbocycles. The highest BCUT2D eigenvalue weighted by atomic mass is 15.1. The van der Waals surface area contributed by atoms with Gasteiger partial charge < -0.3 is 9.80 Å². The van der Waals surface area contributed by atoms with E-state index in [1.54, 1.807) is 0 Å². The summed E-state index contributed by atoms with van der Waals surface area (Å²) in [5.41, 5.74) is 8.47. The Morgan fingerprint density at radius 1 is 0.652 bits per heavy atom. The van der Waals surface area contributed by atoms with Crippen LogP contribution in [-0.4, -0.2) is 26.2 Å². The highest BCUT2D eigenvalue weighted by Gasteiger charge is 2.20. The molecular formula is C21H28N2. The molecule has 2 nitrogen and oxygen atoms in total. The van der Waals surface area contributed by atoms with Gasteiger partial charge in [0.1, 0.15) is 0 Å². The van der Waals surface area contributed by atoms with E-state index < -0.39 is 0 Å². The van der Waals surface area contributed by atoms with Crippen LogP contribution in [-0.2, 0) is 6.42 Å². The molecule has 0 unspecified atom stereocenters. The quantitative estimate of drug-likeness (QED) is 0.635. The molecule has 0 atom stereocenters. The van der Waals surface area contributed by atoms with E-state index in [4.69, 9.17) is 0 Å². The van der Waals surface area contributed by atoms with Gasteiger partial charge in [0.05, 0.1) is 0 Å². The number of fused-ring (bicyclic) bond motifs is 3. The maximum atomic E-state index is 2.42. The molecule has 0 bridgehead atoms. The zero-order valence-electron chi connectivity index (χ0n) is 14.9. The van der Waals surface area contributed by atoms with Crippen LogP contribution in [0.5, 0.6) is 0 Å². The summed E-state index contributed by atoms with van der Waals surface area (Å²) in [6.45, 7) is 13.1. The summed E-state index contributed by atoms with van der Waals surface area (Å²) in [4.78, 5) is 4.85. The summed E-state index contributed by atoms with van der Waals surface area (Å²) >= 11 is 0. The summed E-state index contributed by atoms with van der Waals surface area (Å²) in [5.74, 6) is 0. The first-order valence-electron chi connectivity index (χ1n) is 8.97. The van der Waals surface area contributed by atoms with Gasteiger partial charge in [-0.15, -0.1) is 0 Å². The minimum Gasteiger partial charge on any atom is -0.372 e. The Labute approximate surface area is 140 Å². The van der Waals surface area contributed by atoms with E-state index in [0.29, 0.717) is 0 Å². The van der Waals surface area contributed by atoms with Crippen molar-refractivity contribution in [2.75, 3.05) is 36.0 Å². The average Bonchev–Trinajstić information content (AvgIpc) is 2.95. The maximum absolute atomic E-state index is 2.42. The number of hydrogen-bond acceptors (Lipinski definition) is 2. The van der Waals surface area contributed by atoms with Crippen molar-refractivity contribution in [3.8, 4) is 11.1 Å². The zero-order chi connectivity index (χ0) is 16.4. The highest BCUT2D eigenvalue weighted by molar-refractivity contribution is 5.82. The van der Waals surface area contributed by atoms with Crippen LogP contribution in [0.4, 0.5) is 11.4 Å². The van der Waals surface area contributed by atoms with Gasteiger partial charge in [0.2, 0.25) is 0 Å². The van der Waals surface area contributed by atoms with Crippen LogP contribution >= 0.6 is 0 Å². The lowest BCUT2D eigenvalue weighted by Gasteiger charge is -2.23. The predicted molar refractivity (Wildman–Crippen MR) is 102 cm³/mol. The minimum atomic E-state index is 1.06. The summed E-state index contributed by atoms with van der Waals surface area (Å²) < 4.78 is 0. The molecule has 0 saturated heterocycles. The van der Waals surface area contributed by atoms with Crippen LogP contribution in [0.1, 0.15) is 38.8 Å². The molecule has 3 rings (SSSR count). The van der Waals surface area contributed by atoms with Gasteiger partial charge in [-0.25, -0.2) is 0 Å². The fourth-order valence-corrected chi connectivity index (χ4v) is 3.71. The van der Waals surface area contributed by atoms with Gasteiger partial charge in [0.15, 0.2) is 0 Å². The predicted octanol–water partition coefficient (Wildman–Crippen LogP) is 4.95. The molecule has 1 aliphatic rings. The summed E-state index contributed by atoms with van der Waals surface area (Å²) in [7, 11) is 0. The van der Waals surface area contributed by atoms with Crippen molar-refractivity contribution >= 4 is 11.4 Å². The first-order chi connectivity index (χ1) is 11.2. The lowest BCUT2D eigenvalue weighted by molar-refractivity contribution is 0.866. The van der Waals surface area contributed by atoms with Crippen molar-refractivity contribution in [2.45, 2.75) is 34.1 Å². The third-order valence-corrected chi connectivity index (χ3v) is 5.12. The molecule has 2 aromatic rings. The highest BCUT2D eigenvalue weighted by Crippen LogP contribution is 2.40. The van der Waals surface area contributed by atoms with E-state index in [1.807, 2.05) is 0 Å². The number of nitrogens with zero attached hydrogens (tertiary/aromatic N) is 2. The van der Waals surface area contributed by atoms with E-state index >= 15 is 0 Å². The van der Waals surface area contributed by atoms with E-state index in [9.17, 15) is 0 Å². The van der Waals surface area contributed by atoms with Crippen molar-refractivity contribution in [3.63, 3.8) is 0 Å². The molecule has 2 heteroatoms. The molecule has 0 aliphatic heterocycles. The van der Waals surface area contributed by atoms with E-state index in [-0.39, 0.29) is 0 Å². The second kappa shape index (κ2) is 6.66. The summed E-state index contributed by atoms with van der Waals surface area (Å²) in [6.07, 6.45) is 1.07. The van der Waals surface area contributed by atoms with Crippen molar-refractivity contribution in [3.05, 3.63) is 47.5 Å². The van der Waals surface area contributed by atoms with Crippen molar-refractivity contribution in [1.29, 1.82) is 0 Å². The Balaban J connectivity index is 2.03. The topological polar surface area (TPSA) is 6.48 Å². The third kappa shape index (κ3) is 2.83. The fraction of sp³-hybridized carbons (Fsp3) is 0.429. The number of benzene rings is 2. The second-order valence-electron chi connectivity index (χ2n) is 6.20. The van der Waals surface area contributed by atoms with Gasteiger partial charge in [-0.2, -0.15) is 0 Å². The monoisotopic (exact) mass is 308 g/mol. The molecule has 0 fully saturated rings. The molecule has 0 radical (unpaired) electrons.